The molecule has 0 spiro atoms. The maximum Gasteiger partial charge on any atom is 0.212 e. The molecule has 0 aliphatic heterocycles. The second kappa shape index (κ2) is 3.75. The lowest BCUT2D eigenvalue weighted by atomic mass is 10.3. The molecule has 0 N–H and O–H groups in total. The van der Waals surface area contributed by atoms with Crippen LogP contribution >= 0.6 is 11.3 Å². The molecule has 4 heteroatoms. The number of nitrogens with zero attached hydrogens (tertiary/aromatic N) is 2. The van der Waals surface area contributed by atoms with Crippen LogP contribution in [-0.2, 0) is 0 Å². The zero-order valence-corrected chi connectivity index (χ0v) is 8.84. The van der Waals surface area contributed by atoms with Gasteiger partial charge in [-0.15, -0.1) is 11.3 Å². The first-order valence-corrected chi connectivity index (χ1v) is 5.10. The van der Waals surface area contributed by atoms with Gasteiger partial charge in [-0.05, 0) is 13.0 Å². The molecule has 0 aromatic carbocycles. The fraction of sp³-hybridized carbons (Fsp3) is 0.200. The van der Waals surface area contributed by atoms with Crippen LogP contribution in [0.15, 0.2) is 23.7 Å². The van der Waals surface area contributed by atoms with Crippen molar-refractivity contribution < 1.29 is 4.74 Å². The summed E-state index contributed by atoms with van der Waals surface area (Å²) in [6.45, 7) is 1.98. The first kappa shape index (κ1) is 9.15. The highest BCUT2D eigenvalue weighted by Gasteiger charge is 2.02. The lowest BCUT2D eigenvalue weighted by Crippen LogP contribution is -1.86. The minimum Gasteiger partial charge on any atom is -0.481 e. The molecular weight excluding hydrogens is 196 g/mol. The second-order valence-electron chi connectivity index (χ2n) is 2.88. The van der Waals surface area contributed by atoms with Crippen LogP contribution in [0.2, 0.25) is 0 Å². The van der Waals surface area contributed by atoms with Gasteiger partial charge in [0.2, 0.25) is 5.88 Å². The third-order valence-electron chi connectivity index (χ3n) is 1.81. The van der Waals surface area contributed by atoms with E-state index in [2.05, 4.69) is 9.97 Å². The molecular formula is C10H10N2OS. The van der Waals surface area contributed by atoms with Gasteiger partial charge in [0.05, 0.1) is 7.11 Å². The lowest BCUT2D eigenvalue weighted by Gasteiger charge is -1.98. The van der Waals surface area contributed by atoms with Crippen molar-refractivity contribution in [3.05, 3.63) is 29.4 Å². The highest BCUT2D eigenvalue weighted by atomic mass is 32.1. The molecule has 0 fully saturated rings. The number of hydrogen-bond donors (Lipinski definition) is 0. The van der Waals surface area contributed by atoms with Gasteiger partial charge >= 0.3 is 0 Å². The molecule has 2 heterocycles. The van der Waals surface area contributed by atoms with Gasteiger partial charge in [-0.3, -0.25) is 0 Å². The van der Waals surface area contributed by atoms with E-state index in [0.717, 1.165) is 16.3 Å². The van der Waals surface area contributed by atoms with E-state index in [-0.39, 0.29) is 0 Å². The summed E-state index contributed by atoms with van der Waals surface area (Å²) in [7, 11) is 1.61. The molecule has 72 valence electrons. The minimum absolute atomic E-state index is 0.627. The van der Waals surface area contributed by atoms with Gasteiger partial charge in [0.15, 0.2) is 0 Å². The first-order chi connectivity index (χ1) is 6.79. The van der Waals surface area contributed by atoms with Gasteiger partial charge in [-0.25, -0.2) is 9.97 Å². The number of ether oxygens (including phenoxy) is 1. The van der Waals surface area contributed by atoms with Crippen molar-refractivity contribution in [2.75, 3.05) is 7.11 Å². The van der Waals surface area contributed by atoms with Crippen molar-refractivity contribution in [1.82, 2.24) is 9.97 Å². The van der Waals surface area contributed by atoms with E-state index >= 15 is 0 Å². The Hall–Kier alpha value is -1.42. The van der Waals surface area contributed by atoms with E-state index < -0.39 is 0 Å². The molecule has 2 aromatic heterocycles. The molecule has 14 heavy (non-hydrogen) atoms. The average Bonchev–Trinajstić information content (AvgIpc) is 2.65. The molecule has 0 radical (unpaired) electrons. The molecule has 2 aromatic rings. The van der Waals surface area contributed by atoms with Crippen molar-refractivity contribution in [3.8, 4) is 16.5 Å². The van der Waals surface area contributed by atoms with Crippen LogP contribution in [0.4, 0.5) is 0 Å². The smallest absolute Gasteiger partial charge is 0.212 e. The Morgan fingerprint density at radius 1 is 1.36 bits per heavy atom. The number of rotatable bonds is 2. The molecule has 0 unspecified atom stereocenters. The third kappa shape index (κ3) is 1.75. The summed E-state index contributed by atoms with van der Waals surface area (Å²) >= 11 is 1.62. The Balaban J connectivity index is 2.33. The Kier molecular flexibility index (Phi) is 2.45. The van der Waals surface area contributed by atoms with Crippen LogP contribution < -0.4 is 4.74 Å². The summed E-state index contributed by atoms with van der Waals surface area (Å²) in [5.74, 6) is 0.627. The number of aryl methyl sites for hydroxylation is 1. The van der Waals surface area contributed by atoms with Crippen molar-refractivity contribution >= 4 is 11.3 Å². The Labute approximate surface area is 86.4 Å². The van der Waals surface area contributed by atoms with Crippen LogP contribution in [0, 0.1) is 6.92 Å². The van der Waals surface area contributed by atoms with Crippen molar-refractivity contribution in [2.45, 2.75) is 6.92 Å². The number of methoxy groups -OCH3 is 1. The van der Waals surface area contributed by atoms with Crippen LogP contribution in [0.3, 0.4) is 0 Å². The summed E-state index contributed by atoms with van der Waals surface area (Å²) in [6, 6.07) is 3.80. The average molecular weight is 206 g/mol. The van der Waals surface area contributed by atoms with Crippen LogP contribution in [0.25, 0.3) is 10.6 Å². The third-order valence-corrected chi connectivity index (χ3v) is 2.82. The van der Waals surface area contributed by atoms with Gasteiger partial charge in [-0.2, -0.15) is 0 Å². The number of hydrogen-bond acceptors (Lipinski definition) is 4. The summed E-state index contributed by atoms with van der Waals surface area (Å²) < 4.78 is 4.98. The molecule has 0 atom stereocenters. The molecule has 0 amide bonds. The molecule has 0 saturated heterocycles. The lowest BCUT2D eigenvalue weighted by molar-refractivity contribution is 0.398. The molecule has 0 bridgehead atoms. The first-order valence-electron chi connectivity index (χ1n) is 4.22. The predicted molar refractivity (Wildman–Crippen MR) is 56.6 cm³/mol. The molecule has 0 saturated carbocycles. The maximum atomic E-state index is 4.98. The van der Waals surface area contributed by atoms with Crippen LogP contribution in [0.1, 0.15) is 5.69 Å². The van der Waals surface area contributed by atoms with Gasteiger partial charge in [0.25, 0.3) is 0 Å². The topological polar surface area (TPSA) is 35.0 Å². The summed E-state index contributed by atoms with van der Waals surface area (Å²) in [4.78, 5) is 8.50. The van der Waals surface area contributed by atoms with E-state index in [9.17, 15) is 0 Å². The van der Waals surface area contributed by atoms with E-state index in [1.165, 1.54) is 0 Å². The minimum atomic E-state index is 0.627. The molecule has 0 aliphatic rings. The maximum absolute atomic E-state index is 4.98. The zero-order valence-electron chi connectivity index (χ0n) is 8.02. The highest BCUT2D eigenvalue weighted by molar-refractivity contribution is 7.13. The second-order valence-corrected chi connectivity index (χ2v) is 3.74. The van der Waals surface area contributed by atoms with Gasteiger partial charge in [0, 0.05) is 28.9 Å². The quantitative estimate of drug-likeness (QED) is 0.757. The highest BCUT2D eigenvalue weighted by Crippen LogP contribution is 2.23. The Morgan fingerprint density at radius 3 is 2.71 bits per heavy atom. The Bertz CT molecular complexity index is 422. The normalized spacial score (nSPS) is 10.1. The number of thiazole rings is 1. The van der Waals surface area contributed by atoms with E-state index in [0.29, 0.717) is 5.88 Å². The van der Waals surface area contributed by atoms with Crippen molar-refractivity contribution in [2.24, 2.45) is 0 Å². The fourth-order valence-electron chi connectivity index (χ4n) is 1.11. The summed E-state index contributed by atoms with van der Waals surface area (Å²) in [6.07, 6.45) is 1.77. The largest absolute Gasteiger partial charge is 0.481 e. The Morgan fingerprint density at radius 2 is 2.21 bits per heavy atom. The standard InChI is InChI=1S/C10H10N2OS/c1-7-6-14-10(12-7)8-3-4-9(13-2)11-5-8/h3-6H,1-2H3. The van der Waals surface area contributed by atoms with Crippen LogP contribution in [-0.4, -0.2) is 17.1 Å². The van der Waals surface area contributed by atoms with E-state index in [1.807, 2.05) is 24.4 Å². The van der Waals surface area contributed by atoms with Gasteiger partial charge in [-0.1, -0.05) is 0 Å². The van der Waals surface area contributed by atoms with E-state index in [1.54, 1.807) is 24.6 Å². The fourth-order valence-corrected chi connectivity index (χ4v) is 1.90. The number of pyridine rings is 1. The molecule has 0 aliphatic carbocycles. The summed E-state index contributed by atoms with van der Waals surface area (Å²) in [5, 5.41) is 3.03. The predicted octanol–water partition coefficient (Wildman–Crippen LogP) is 2.52. The van der Waals surface area contributed by atoms with E-state index in [4.69, 9.17) is 4.74 Å². The van der Waals surface area contributed by atoms with Gasteiger partial charge in [0.1, 0.15) is 5.01 Å². The SMILES string of the molecule is COc1ccc(-c2nc(C)cs2)cn1. The van der Waals surface area contributed by atoms with Crippen molar-refractivity contribution in [3.63, 3.8) is 0 Å². The molecule has 2 rings (SSSR count). The molecule has 3 nitrogen and oxygen atoms in total. The van der Waals surface area contributed by atoms with Gasteiger partial charge < -0.3 is 4.74 Å². The summed E-state index contributed by atoms with van der Waals surface area (Å²) in [5.41, 5.74) is 2.07. The van der Waals surface area contributed by atoms with Crippen molar-refractivity contribution in [1.29, 1.82) is 0 Å². The monoisotopic (exact) mass is 206 g/mol. The number of aromatic nitrogens is 2. The zero-order chi connectivity index (χ0) is 9.97. The van der Waals surface area contributed by atoms with Crippen LogP contribution in [0.5, 0.6) is 5.88 Å².